The van der Waals surface area contributed by atoms with Crippen molar-refractivity contribution in [3.8, 4) is 0 Å². The van der Waals surface area contributed by atoms with Crippen molar-refractivity contribution >= 4 is 12.1 Å². The number of benzene rings is 1. The first-order chi connectivity index (χ1) is 6.38. The van der Waals surface area contributed by atoms with Crippen LogP contribution in [0.3, 0.4) is 0 Å². The largest absolute Gasteiger partial charge is 0.273 e. The maximum absolute atomic E-state index is 11.7. The van der Waals surface area contributed by atoms with Crippen molar-refractivity contribution in [1.29, 1.82) is 0 Å². The lowest BCUT2D eigenvalue weighted by Gasteiger charge is -2.10. The first-order valence-electron chi connectivity index (χ1n) is 4.27. The molecule has 0 atom stereocenters. The number of hydrogen-bond acceptors (Lipinski definition) is 2. The molecule has 3 heteroatoms. The van der Waals surface area contributed by atoms with Crippen molar-refractivity contribution in [2.24, 2.45) is 5.10 Å². The maximum atomic E-state index is 11.7. The summed E-state index contributed by atoms with van der Waals surface area (Å²) in [4.78, 5) is 11.7. The number of hydrogen-bond donors (Lipinski definition) is 0. The van der Waals surface area contributed by atoms with Gasteiger partial charge in [0.25, 0.3) is 5.91 Å². The Bertz CT molecular complexity index is 332. The normalized spacial score (nSPS) is 14.9. The first-order valence-corrected chi connectivity index (χ1v) is 4.27. The number of hydrazone groups is 1. The van der Waals surface area contributed by atoms with Gasteiger partial charge in [0.05, 0.1) is 0 Å². The molecule has 0 radical (unpaired) electrons. The topological polar surface area (TPSA) is 32.7 Å². The fourth-order valence-electron chi connectivity index (χ4n) is 1.28. The third kappa shape index (κ3) is 1.59. The van der Waals surface area contributed by atoms with Gasteiger partial charge in [0.1, 0.15) is 0 Å². The molecule has 0 saturated carbocycles. The van der Waals surface area contributed by atoms with E-state index in [9.17, 15) is 4.79 Å². The van der Waals surface area contributed by atoms with E-state index in [0.29, 0.717) is 12.1 Å². The van der Waals surface area contributed by atoms with E-state index in [-0.39, 0.29) is 5.91 Å². The van der Waals surface area contributed by atoms with Crippen LogP contribution in [-0.2, 0) is 0 Å². The zero-order valence-corrected chi connectivity index (χ0v) is 7.18. The fraction of sp³-hybridized carbons (Fsp3) is 0.200. The molecule has 1 amide bonds. The minimum atomic E-state index is -0.0191. The lowest BCUT2D eigenvalue weighted by Crippen LogP contribution is -2.23. The minimum absolute atomic E-state index is 0.0191. The van der Waals surface area contributed by atoms with Gasteiger partial charge in [-0.1, -0.05) is 18.2 Å². The second kappa shape index (κ2) is 3.39. The third-order valence-electron chi connectivity index (χ3n) is 1.95. The molecule has 0 bridgehead atoms. The third-order valence-corrected chi connectivity index (χ3v) is 1.95. The summed E-state index contributed by atoms with van der Waals surface area (Å²) in [6.07, 6.45) is 2.62. The van der Waals surface area contributed by atoms with Crippen molar-refractivity contribution in [3.05, 3.63) is 35.9 Å². The standard InChI is InChI=1S/C10H10N2O/c13-10(12-8-4-7-11-12)9-5-2-1-3-6-9/h1-3,5-7H,4,8H2. The van der Waals surface area contributed by atoms with Crippen LogP contribution in [0.4, 0.5) is 0 Å². The lowest BCUT2D eigenvalue weighted by atomic mass is 10.2. The van der Waals surface area contributed by atoms with E-state index in [2.05, 4.69) is 5.10 Å². The molecule has 0 spiro atoms. The molecule has 13 heavy (non-hydrogen) atoms. The highest BCUT2D eigenvalue weighted by atomic mass is 16.2. The van der Waals surface area contributed by atoms with Crippen LogP contribution in [0.2, 0.25) is 0 Å². The van der Waals surface area contributed by atoms with Crippen molar-refractivity contribution in [2.75, 3.05) is 6.54 Å². The monoisotopic (exact) mass is 174 g/mol. The quantitative estimate of drug-likeness (QED) is 0.635. The van der Waals surface area contributed by atoms with Crippen molar-refractivity contribution < 1.29 is 4.79 Å². The van der Waals surface area contributed by atoms with Crippen LogP contribution in [0.15, 0.2) is 35.4 Å². The molecule has 66 valence electrons. The van der Waals surface area contributed by atoms with Crippen molar-refractivity contribution in [1.82, 2.24) is 5.01 Å². The van der Waals surface area contributed by atoms with Crippen LogP contribution in [0.25, 0.3) is 0 Å². The van der Waals surface area contributed by atoms with Gasteiger partial charge in [-0.05, 0) is 12.1 Å². The zero-order chi connectivity index (χ0) is 9.10. The highest BCUT2D eigenvalue weighted by Crippen LogP contribution is 2.08. The van der Waals surface area contributed by atoms with Gasteiger partial charge in [-0.25, -0.2) is 5.01 Å². The smallest absolute Gasteiger partial charge is 0.267 e. The van der Waals surface area contributed by atoms with Crippen molar-refractivity contribution in [3.63, 3.8) is 0 Å². The SMILES string of the molecule is O=C(c1ccccc1)N1CCC=N1. The van der Waals surface area contributed by atoms with Gasteiger partial charge in [0.2, 0.25) is 0 Å². The molecule has 0 aliphatic carbocycles. The zero-order valence-electron chi connectivity index (χ0n) is 7.18. The van der Waals surface area contributed by atoms with Gasteiger partial charge in [-0.3, -0.25) is 4.79 Å². The summed E-state index contributed by atoms with van der Waals surface area (Å²) < 4.78 is 0. The Morgan fingerprint density at radius 1 is 1.31 bits per heavy atom. The van der Waals surface area contributed by atoms with Gasteiger partial charge < -0.3 is 0 Å². The first kappa shape index (κ1) is 7.98. The molecule has 0 N–H and O–H groups in total. The number of rotatable bonds is 1. The summed E-state index contributed by atoms with van der Waals surface area (Å²) in [6, 6.07) is 9.20. The minimum Gasteiger partial charge on any atom is -0.267 e. The lowest BCUT2D eigenvalue weighted by molar-refractivity contribution is 0.0778. The van der Waals surface area contributed by atoms with Crippen LogP contribution in [0.5, 0.6) is 0 Å². The van der Waals surface area contributed by atoms with E-state index in [4.69, 9.17) is 0 Å². The van der Waals surface area contributed by atoms with Crippen LogP contribution in [-0.4, -0.2) is 23.7 Å². The van der Waals surface area contributed by atoms with E-state index in [0.717, 1.165) is 6.42 Å². The molecule has 3 nitrogen and oxygen atoms in total. The fourth-order valence-corrected chi connectivity index (χ4v) is 1.28. The summed E-state index contributed by atoms with van der Waals surface area (Å²) in [7, 11) is 0. The average Bonchev–Trinajstić information content (AvgIpc) is 2.71. The molecular weight excluding hydrogens is 164 g/mol. The summed E-state index contributed by atoms with van der Waals surface area (Å²) in [5.74, 6) is -0.0191. The van der Waals surface area contributed by atoms with Gasteiger partial charge >= 0.3 is 0 Å². The molecule has 1 heterocycles. The average molecular weight is 174 g/mol. The predicted octanol–water partition coefficient (Wildman–Crippen LogP) is 1.52. The summed E-state index contributed by atoms with van der Waals surface area (Å²) in [6.45, 7) is 0.702. The summed E-state index contributed by atoms with van der Waals surface area (Å²) in [5.41, 5.74) is 0.696. The molecule has 1 aliphatic rings. The summed E-state index contributed by atoms with van der Waals surface area (Å²) in [5, 5.41) is 5.47. The summed E-state index contributed by atoms with van der Waals surface area (Å²) >= 11 is 0. The van der Waals surface area contributed by atoms with Gasteiger partial charge in [-0.2, -0.15) is 5.10 Å². The second-order valence-corrected chi connectivity index (χ2v) is 2.88. The molecule has 0 aromatic heterocycles. The van der Waals surface area contributed by atoms with Crippen LogP contribution >= 0.6 is 0 Å². The highest BCUT2D eigenvalue weighted by molar-refractivity contribution is 5.94. The molecule has 1 aliphatic heterocycles. The number of nitrogens with zero attached hydrogens (tertiary/aromatic N) is 2. The van der Waals surface area contributed by atoms with Gasteiger partial charge in [0.15, 0.2) is 0 Å². The second-order valence-electron chi connectivity index (χ2n) is 2.88. The van der Waals surface area contributed by atoms with Crippen LogP contribution in [0, 0.1) is 0 Å². The van der Waals surface area contributed by atoms with E-state index in [1.165, 1.54) is 5.01 Å². The van der Waals surface area contributed by atoms with Crippen LogP contribution in [0.1, 0.15) is 16.8 Å². The van der Waals surface area contributed by atoms with Crippen LogP contribution < -0.4 is 0 Å². The van der Waals surface area contributed by atoms with E-state index < -0.39 is 0 Å². The van der Waals surface area contributed by atoms with Gasteiger partial charge in [-0.15, -0.1) is 0 Å². The number of amides is 1. The molecule has 0 fully saturated rings. The Hall–Kier alpha value is -1.64. The Balaban J connectivity index is 2.18. The molecule has 0 saturated heterocycles. The molecule has 1 aromatic carbocycles. The highest BCUT2D eigenvalue weighted by Gasteiger charge is 2.16. The number of carbonyl (C=O) groups is 1. The predicted molar refractivity (Wildman–Crippen MR) is 50.6 cm³/mol. The van der Waals surface area contributed by atoms with E-state index >= 15 is 0 Å². The Kier molecular flexibility index (Phi) is 2.08. The Labute approximate surface area is 76.7 Å². The maximum Gasteiger partial charge on any atom is 0.273 e. The molecule has 0 unspecified atom stereocenters. The molecule has 2 rings (SSSR count). The Morgan fingerprint density at radius 3 is 2.69 bits per heavy atom. The molecule has 1 aromatic rings. The van der Waals surface area contributed by atoms with E-state index in [1.807, 2.05) is 18.2 Å². The molecular formula is C10H10N2O. The van der Waals surface area contributed by atoms with Gasteiger partial charge in [0, 0.05) is 24.7 Å². The number of carbonyl (C=O) groups excluding carboxylic acids is 1. The van der Waals surface area contributed by atoms with Crippen molar-refractivity contribution in [2.45, 2.75) is 6.42 Å². The van der Waals surface area contributed by atoms with E-state index in [1.54, 1.807) is 18.3 Å². The Morgan fingerprint density at radius 2 is 2.08 bits per heavy atom.